The van der Waals surface area contributed by atoms with Gasteiger partial charge in [0.05, 0.1) is 41.3 Å². The molecule has 21 heteroatoms. The minimum absolute atomic E-state index is 0.0178. The van der Waals surface area contributed by atoms with E-state index in [4.69, 9.17) is 4.98 Å². The number of amides is 5. The SMILES string of the molecule is CCS(=O)(=O)N1CC(CC#N)(n2cc(-c3nc(Nc4ccc(C(=O)NCCN5CCN(c6ccc7c(c6)C(=O)N(C6CCC(=O)NC6=O)C7=O)CC5)cc4)nc4[nH]ccc34)cn2)C1. The third-order valence-corrected chi connectivity index (χ3v) is 13.9. The Morgan fingerprint density at radius 1 is 0.984 bits per heavy atom. The first kappa shape index (κ1) is 41.3. The number of carbonyl (C=O) groups is 5. The van der Waals surface area contributed by atoms with Gasteiger partial charge in [-0.05, 0) is 61.9 Å². The van der Waals surface area contributed by atoms with Crippen molar-refractivity contribution in [1.29, 1.82) is 5.26 Å². The maximum atomic E-state index is 13.3. The zero-order valence-electron chi connectivity index (χ0n) is 34.2. The van der Waals surface area contributed by atoms with Crippen molar-refractivity contribution in [2.45, 2.75) is 37.8 Å². The molecule has 3 saturated heterocycles. The molecule has 0 radical (unpaired) electrons. The summed E-state index contributed by atoms with van der Waals surface area (Å²) < 4.78 is 27.9. The second kappa shape index (κ2) is 16.4. The number of anilines is 3. The molecule has 1 atom stereocenters. The number of benzene rings is 2. The first-order valence-corrected chi connectivity index (χ1v) is 22.2. The van der Waals surface area contributed by atoms with Gasteiger partial charge in [-0.2, -0.15) is 19.6 Å². The van der Waals surface area contributed by atoms with Crippen LogP contribution in [0.15, 0.2) is 67.1 Å². The Morgan fingerprint density at radius 3 is 2.48 bits per heavy atom. The number of H-pyrrole nitrogens is 1. The van der Waals surface area contributed by atoms with Crippen LogP contribution in [0.3, 0.4) is 0 Å². The number of rotatable bonds is 13. The molecular formula is C42H43N13O7S. The van der Waals surface area contributed by atoms with Gasteiger partial charge in [-0.25, -0.2) is 13.4 Å². The van der Waals surface area contributed by atoms with Gasteiger partial charge in [-0.3, -0.25) is 43.8 Å². The van der Waals surface area contributed by atoms with Gasteiger partial charge in [0.15, 0.2) is 0 Å². The van der Waals surface area contributed by atoms with Crippen LogP contribution in [0.5, 0.6) is 0 Å². The van der Waals surface area contributed by atoms with E-state index < -0.39 is 45.2 Å². The van der Waals surface area contributed by atoms with Gasteiger partial charge in [0, 0.05) is 99.1 Å². The Balaban J connectivity index is 0.772. The molecule has 7 heterocycles. The maximum absolute atomic E-state index is 13.3. The van der Waals surface area contributed by atoms with Crippen molar-refractivity contribution < 1.29 is 32.4 Å². The Kier molecular flexibility index (Phi) is 10.7. The lowest BCUT2D eigenvalue weighted by molar-refractivity contribution is -0.136. The standard InChI is InChI=1S/C42H43N13O7S/c1-2-63(61,62)53-24-42(25-53,12-13-43)54-23-27(22-46-54)35-31-11-14-44-36(31)50-41(49-35)47-28-5-3-26(4-6-28)37(57)45-15-16-51-17-19-52(20-18-51)29-7-8-30-32(21-29)40(60)55(39(30)59)33-9-10-34(56)48-38(33)58/h3-8,11,14,21-23,33H,2,9-10,12,15-20,24-25H2,1H3,(H,45,57)(H,48,56,58)(H2,44,47,49,50). The highest BCUT2D eigenvalue weighted by atomic mass is 32.2. The van der Waals surface area contributed by atoms with Crippen molar-refractivity contribution in [1.82, 2.24) is 49.5 Å². The fraction of sp³-hybridized carbons (Fsp3) is 0.357. The molecule has 5 aromatic rings. The van der Waals surface area contributed by atoms with Crippen LogP contribution in [-0.4, -0.2) is 141 Å². The molecule has 3 fully saturated rings. The fourth-order valence-electron chi connectivity index (χ4n) is 8.55. The van der Waals surface area contributed by atoms with Crippen molar-refractivity contribution in [2.24, 2.45) is 0 Å². The summed E-state index contributed by atoms with van der Waals surface area (Å²) in [6, 6.07) is 15.1. The molecule has 1 unspecified atom stereocenters. The lowest BCUT2D eigenvalue weighted by Gasteiger charge is -2.47. The Hall–Kier alpha value is -7.02. The van der Waals surface area contributed by atoms with E-state index in [0.717, 1.165) is 29.1 Å². The molecule has 4 aliphatic heterocycles. The first-order chi connectivity index (χ1) is 30.4. The van der Waals surface area contributed by atoms with E-state index in [1.165, 1.54) is 4.31 Å². The Labute approximate surface area is 361 Å². The number of sulfonamides is 1. The van der Waals surface area contributed by atoms with Crippen LogP contribution >= 0.6 is 0 Å². The third-order valence-electron chi connectivity index (χ3n) is 12.1. The predicted octanol–water partition coefficient (Wildman–Crippen LogP) is 1.79. The van der Waals surface area contributed by atoms with Crippen molar-refractivity contribution in [3.05, 3.63) is 83.8 Å². The van der Waals surface area contributed by atoms with Gasteiger partial charge in [0.1, 0.15) is 17.2 Å². The molecule has 0 bridgehead atoms. The highest BCUT2D eigenvalue weighted by Crippen LogP contribution is 2.37. The normalized spacial score (nSPS) is 19.1. The average molecular weight is 874 g/mol. The van der Waals surface area contributed by atoms with E-state index in [1.807, 2.05) is 6.07 Å². The largest absolute Gasteiger partial charge is 0.369 e. The van der Waals surface area contributed by atoms with Crippen LogP contribution in [0.4, 0.5) is 17.3 Å². The topological polar surface area (TPSA) is 252 Å². The summed E-state index contributed by atoms with van der Waals surface area (Å²) in [7, 11) is -3.40. The average Bonchev–Trinajstić information content (AvgIpc) is 4.01. The second-order valence-corrected chi connectivity index (χ2v) is 18.3. The van der Waals surface area contributed by atoms with Gasteiger partial charge in [0.25, 0.3) is 17.7 Å². The summed E-state index contributed by atoms with van der Waals surface area (Å²) in [5, 5.41) is 23.3. The summed E-state index contributed by atoms with van der Waals surface area (Å²) >= 11 is 0. The number of nitrogens with one attached hydrogen (secondary N) is 4. The van der Waals surface area contributed by atoms with E-state index in [-0.39, 0.29) is 55.1 Å². The first-order valence-electron chi connectivity index (χ1n) is 20.6. The van der Waals surface area contributed by atoms with Gasteiger partial charge in [-0.1, -0.05) is 0 Å². The monoisotopic (exact) mass is 873 g/mol. The minimum Gasteiger partial charge on any atom is -0.369 e. The summed E-state index contributed by atoms with van der Waals surface area (Å²) in [4.78, 5) is 81.4. The van der Waals surface area contributed by atoms with E-state index in [1.54, 1.807) is 72.7 Å². The molecule has 20 nitrogen and oxygen atoms in total. The number of piperazine rings is 1. The number of carbonyl (C=O) groups excluding carboxylic acids is 5. The van der Waals surface area contributed by atoms with Crippen molar-refractivity contribution >= 4 is 67.9 Å². The number of nitrogens with zero attached hydrogens (tertiary/aromatic N) is 9. The summed E-state index contributed by atoms with van der Waals surface area (Å²) in [6.07, 6.45) is 5.44. The molecule has 0 saturated carbocycles. The van der Waals surface area contributed by atoms with E-state index >= 15 is 0 Å². The maximum Gasteiger partial charge on any atom is 0.262 e. The molecule has 0 spiro atoms. The molecule has 3 aromatic heterocycles. The number of imide groups is 2. The predicted molar refractivity (Wildman–Crippen MR) is 228 cm³/mol. The van der Waals surface area contributed by atoms with E-state index in [0.29, 0.717) is 60.3 Å². The summed E-state index contributed by atoms with van der Waals surface area (Å²) in [5.41, 5.74) is 3.49. The number of nitriles is 1. The number of fused-ring (bicyclic) bond motifs is 2. The lowest BCUT2D eigenvalue weighted by Crippen LogP contribution is -2.64. The highest BCUT2D eigenvalue weighted by Gasteiger charge is 2.50. The zero-order valence-corrected chi connectivity index (χ0v) is 35.0. The Bertz CT molecular complexity index is 2820. The minimum atomic E-state index is -3.40. The molecule has 4 aliphatic rings. The van der Waals surface area contributed by atoms with Crippen LogP contribution in [0, 0.1) is 11.3 Å². The van der Waals surface area contributed by atoms with Gasteiger partial charge < -0.3 is 20.5 Å². The van der Waals surface area contributed by atoms with Crippen molar-refractivity contribution in [3.63, 3.8) is 0 Å². The van der Waals surface area contributed by atoms with Gasteiger partial charge in [0.2, 0.25) is 27.8 Å². The number of hydrogen-bond acceptors (Lipinski definition) is 14. The van der Waals surface area contributed by atoms with Crippen LogP contribution in [0.2, 0.25) is 0 Å². The number of hydrogen-bond donors (Lipinski definition) is 4. The molecule has 324 valence electrons. The number of aromatic amines is 1. The molecule has 0 aliphatic carbocycles. The number of aromatic nitrogens is 5. The fourth-order valence-corrected chi connectivity index (χ4v) is 9.78. The summed E-state index contributed by atoms with van der Waals surface area (Å²) in [5.74, 6) is -2.07. The smallest absolute Gasteiger partial charge is 0.262 e. The van der Waals surface area contributed by atoms with Crippen LogP contribution in [0.25, 0.3) is 22.3 Å². The van der Waals surface area contributed by atoms with Crippen molar-refractivity contribution in [3.8, 4) is 17.3 Å². The molecule has 2 aromatic carbocycles. The summed E-state index contributed by atoms with van der Waals surface area (Å²) in [6.45, 7) is 5.75. The molecule has 9 rings (SSSR count). The molecule has 5 amide bonds. The second-order valence-electron chi connectivity index (χ2n) is 16.0. The number of piperidine rings is 1. The molecule has 63 heavy (non-hydrogen) atoms. The van der Waals surface area contributed by atoms with E-state index in [9.17, 15) is 37.7 Å². The van der Waals surface area contributed by atoms with Crippen molar-refractivity contribution in [2.75, 3.05) is 68.3 Å². The van der Waals surface area contributed by atoms with E-state index in [2.05, 4.69) is 46.9 Å². The quantitative estimate of drug-likeness (QED) is 0.123. The van der Waals surface area contributed by atoms with Crippen LogP contribution in [-0.2, 0) is 25.2 Å². The lowest BCUT2D eigenvalue weighted by atomic mass is 9.89. The van der Waals surface area contributed by atoms with Crippen LogP contribution in [0.1, 0.15) is 57.3 Å². The molecule has 4 N–H and O–H groups in total. The van der Waals surface area contributed by atoms with Crippen LogP contribution < -0.4 is 20.9 Å². The zero-order chi connectivity index (χ0) is 44.0. The van der Waals surface area contributed by atoms with Gasteiger partial charge in [-0.15, -0.1) is 0 Å². The Morgan fingerprint density at radius 2 is 1.75 bits per heavy atom. The van der Waals surface area contributed by atoms with Gasteiger partial charge >= 0.3 is 0 Å². The molecular weight excluding hydrogens is 831 g/mol. The third kappa shape index (κ3) is 7.76. The highest BCUT2D eigenvalue weighted by molar-refractivity contribution is 7.89.